The van der Waals surface area contributed by atoms with Crippen LogP contribution >= 0.6 is 23.2 Å². The zero-order chi connectivity index (χ0) is 16.8. The molecule has 3 nitrogen and oxygen atoms in total. The normalized spacial score (nSPS) is 17.2. The van der Waals surface area contributed by atoms with Gasteiger partial charge in [-0.25, -0.2) is 0 Å². The maximum atomic E-state index is 6.15. The van der Waals surface area contributed by atoms with Gasteiger partial charge in [0.1, 0.15) is 12.4 Å². The number of halogens is 2. The van der Waals surface area contributed by atoms with Gasteiger partial charge < -0.3 is 14.8 Å². The first kappa shape index (κ1) is 17.6. The lowest BCUT2D eigenvalue weighted by Gasteiger charge is -2.11. The average molecular weight is 366 g/mol. The van der Waals surface area contributed by atoms with E-state index >= 15 is 0 Å². The topological polar surface area (TPSA) is 30.5 Å². The molecular weight excluding hydrogens is 345 g/mol. The van der Waals surface area contributed by atoms with E-state index in [-0.39, 0.29) is 0 Å². The summed E-state index contributed by atoms with van der Waals surface area (Å²) in [5, 5.41) is 4.69. The van der Waals surface area contributed by atoms with Crippen LogP contribution < -0.4 is 10.1 Å². The molecule has 0 aliphatic carbocycles. The Morgan fingerprint density at radius 3 is 2.67 bits per heavy atom. The van der Waals surface area contributed by atoms with Gasteiger partial charge in [0, 0.05) is 35.3 Å². The molecule has 0 radical (unpaired) electrons. The molecule has 1 heterocycles. The number of nitrogens with one attached hydrogen (secondary N) is 1. The SMILES string of the molecule is Clc1ccc(COc2ccc(CNC[C@@H]3CCCO3)cc2)c(Cl)c1. The summed E-state index contributed by atoms with van der Waals surface area (Å²) in [7, 11) is 0. The van der Waals surface area contributed by atoms with Crippen molar-refractivity contribution in [2.75, 3.05) is 13.2 Å². The molecule has 1 aliphatic rings. The molecule has 0 aromatic heterocycles. The van der Waals surface area contributed by atoms with Crippen molar-refractivity contribution in [3.63, 3.8) is 0 Å². The lowest BCUT2D eigenvalue weighted by atomic mass is 10.2. The van der Waals surface area contributed by atoms with Crippen LogP contribution in [0.1, 0.15) is 24.0 Å². The Hall–Kier alpha value is -1.26. The van der Waals surface area contributed by atoms with Crippen molar-refractivity contribution < 1.29 is 9.47 Å². The van der Waals surface area contributed by atoms with E-state index in [2.05, 4.69) is 17.4 Å². The first-order valence-electron chi connectivity index (χ1n) is 8.19. The van der Waals surface area contributed by atoms with Crippen LogP contribution in [0.2, 0.25) is 10.0 Å². The minimum Gasteiger partial charge on any atom is -0.489 e. The first-order chi connectivity index (χ1) is 11.7. The van der Waals surface area contributed by atoms with Gasteiger partial charge in [-0.3, -0.25) is 0 Å². The van der Waals surface area contributed by atoms with E-state index in [0.717, 1.165) is 37.4 Å². The van der Waals surface area contributed by atoms with E-state index in [0.29, 0.717) is 22.8 Å². The first-order valence-corrected chi connectivity index (χ1v) is 8.94. The molecule has 0 unspecified atom stereocenters. The number of rotatable bonds is 7. The van der Waals surface area contributed by atoms with E-state index in [1.165, 1.54) is 12.0 Å². The van der Waals surface area contributed by atoms with Crippen LogP contribution in [0, 0.1) is 0 Å². The highest BCUT2D eigenvalue weighted by Gasteiger charge is 2.14. The summed E-state index contributed by atoms with van der Waals surface area (Å²) in [6.45, 7) is 3.07. The minimum atomic E-state index is 0.372. The van der Waals surface area contributed by atoms with Crippen LogP contribution in [0.5, 0.6) is 5.75 Å². The predicted octanol–water partition coefficient (Wildman–Crippen LogP) is 4.84. The summed E-state index contributed by atoms with van der Waals surface area (Å²) < 4.78 is 11.4. The molecule has 24 heavy (non-hydrogen) atoms. The Bertz CT molecular complexity index is 655. The fourth-order valence-electron chi connectivity index (χ4n) is 2.69. The van der Waals surface area contributed by atoms with Crippen molar-refractivity contribution in [3.8, 4) is 5.75 Å². The second kappa shape index (κ2) is 8.72. The quantitative estimate of drug-likeness (QED) is 0.761. The zero-order valence-electron chi connectivity index (χ0n) is 13.4. The van der Waals surface area contributed by atoms with Crippen LogP contribution in [0.15, 0.2) is 42.5 Å². The largest absolute Gasteiger partial charge is 0.489 e. The number of hydrogen-bond donors (Lipinski definition) is 1. The molecule has 1 atom stereocenters. The van der Waals surface area contributed by atoms with Crippen LogP contribution in [0.4, 0.5) is 0 Å². The molecule has 1 N–H and O–H groups in total. The third-order valence-corrected chi connectivity index (χ3v) is 4.64. The highest BCUT2D eigenvalue weighted by Crippen LogP contribution is 2.23. The van der Waals surface area contributed by atoms with Crippen LogP contribution in [0.3, 0.4) is 0 Å². The summed E-state index contributed by atoms with van der Waals surface area (Å²) in [4.78, 5) is 0. The zero-order valence-corrected chi connectivity index (χ0v) is 14.9. The molecule has 2 aromatic rings. The van der Waals surface area contributed by atoms with E-state index < -0.39 is 0 Å². The molecule has 1 aliphatic heterocycles. The highest BCUT2D eigenvalue weighted by molar-refractivity contribution is 6.35. The van der Waals surface area contributed by atoms with Crippen molar-refractivity contribution >= 4 is 23.2 Å². The Morgan fingerprint density at radius 1 is 1.12 bits per heavy atom. The van der Waals surface area contributed by atoms with Crippen molar-refractivity contribution in [3.05, 3.63) is 63.6 Å². The van der Waals surface area contributed by atoms with Crippen LogP contribution in [0.25, 0.3) is 0 Å². The summed E-state index contributed by atoms with van der Waals surface area (Å²) in [5.74, 6) is 0.823. The van der Waals surface area contributed by atoms with Crippen molar-refractivity contribution in [2.45, 2.75) is 32.1 Å². The number of hydrogen-bond acceptors (Lipinski definition) is 3. The van der Waals surface area contributed by atoms with Crippen molar-refractivity contribution in [1.82, 2.24) is 5.32 Å². The summed E-state index contributed by atoms with van der Waals surface area (Å²) in [6.07, 6.45) is 2.71. The third-order valence-electron chi connectivity index (χ3n) is 4.06. The van der Waals surface area contributed by atoms with Crippen molar-refractivity contribution in [1.29, 1.82) is 0 Å². The number of benzene rings is 2. The molecule has 5 heteroatoms. The summed E-state index contributed by atoms with van der Waals surface area (Å²) >= 11 is 12.0. The van der Waals surface area contributed by atoms with Crippen molar-refractivity contribution in [2.24, 2.45) is 0 Å². The van der Waals surface area contributed by atoms with E-state index in [1.54, 1.807) is 6.07 Å². The standard InChI is InChI=1S/C19H21Cl2NO2/c20-16-6-5-15(19(21)10-16)13-24-17-7-3-14(4-8-17)11-22-12-18-2-1-9-23-18/h3-8,10,18,22H,1-2,9,11-13H2/t18-/m0/s1. The maximum Gasteiger partial charge on any atom is 0.119 e. The summed E-state index contributed by atoms with van der Waals surface area (Å²) in [5.41, 5.74) is 2.15. The number of ether oxygens (including phenoxy) is 2. The maximum absolute atomic E-state index is 6.15. The lowest BCUT2D eigenvalue weighted by Crippen LogP contribution is -2.25. The fourth-order valence-corrected chi connectivity index (χ4v) is 3.15. The molecule has 128 valence electrons. The van der Waals surface area contributed by atoms with Gasteiger partial charge in [-0.1, -0.05) is 41.4 Å². The van der Waals surface area contributed by atoms with Gasteiger partial charge in [0.2, 0.25) is 0 Å². The molecule has 0 saturated carbocycles. The minimum absolute atomic E-state index is 0.372. The molecule has 1 saturated heterocycles. The second-order valence-corrected chi connectivity index (χ2v) is 6.78. The average Bonchev–Trinajstić information content (AvgIpc) is 3.09. The van der Waals surface area contributed by atoms with E-state index in [9.17, 15) is 0 Å². The van der Waals surface area contributed by atoms with Gasteiger partial charge in [-0.2, -0.15) is 0 Å². The van der Waals surface area contributed by atoms with Gasteiger partial charge in [-0.05, 0) is 42.7 Å². The van der Waals surface area contributed by atoms with Crippen LogP contribution in [-0.2, 0) is 17.9 Å². The molecule has 0 spiro atoms. The molecular formula is C19H21Cl2NO2. The lowest BCUT2D eigenvalue weighted by molar-refractivity contribution is 0.110. The Labute approximate surface area is 152 Å². The molecule has 1 fully saturated rings. The third kappa shape index (κ3) is 5.12. The molecule has 0 bridgehead atoms. The molecule has 0 amide bonds. The Balaban J connectivity index is 1.45. The summed E-state index contributed by atoms with van der Waals surface area (Å²) in [6, 6.07) is 13.5. The fraction of sp³-hybridized carbons (Fsp3) is 0.368. The monoisotopic (exact) mass is 365 g/mol. The smallest absolute Gasteiger partial charge is 0.119 e. The Morgan fingerprint density at radius 2 is 1.96 bits per heavy atom. The second-order valence-electron chi connectivity index (χ2n) is 5.93. The Kier molecular flexibility index (Phi) is 6.38. The van der Waals surface area contributed by atoms with Gasteiger partial charge in [0.15, 0.2) is 0 Å². The highest BCUT2D eigenvalue weighted by atomic mass is 35.5. The van der Waals surface area contributed by atoms with Gasteiger partial charge in [-0.15, -0.1) is 0 Å². The van der Waals surface area contributed by atoms with E-state index in [1.807, 2.05) is 24.3 Å². The molecule has 2 aromatic carbocycles. The predicted molar refractivity (Wildman–Crippen MR) is 97.9 cm³/mol. The van der Waals surface area contributed by atoms with Gasteiger partial charge in [0.25, 0.3) is 0 Å². The van der Waals surface area contributed by atoms with E-state index in [4.69, 9.17) is 32.7 Å². The van der Waals surface area contributed by atoms with Crippen LogP contribution in [-0.4, -0.2) is 19.3 Å². The molecule has 3 rings (SSSR count). The van der Waals surface area contributed by atoms with Gasteiger partial charge in [0.05, 0.1) is 6.10 Å². The van der Waals surface area contributed by atoms with Gasteiger partial charge >= 0.3 is 0 Å².